The predicted molar refractivity (Wildman–Crippen MR) is 117 cm³/mol. The number of benzene rings is 1. The first-order valence-corrected chi connectivity index (χ1v) is 10.1. The molecule has 1 atom stereocenters. The largest absolute Gasteiger partial charge is 0.358 e. The van der Waals surface area contributed by atoms with Crippen molar-refractivity contribution in [3.8, 4) is 0 Å². The Kier molecular flexibility index (Phi) is 5.07. The van der Waals surface area contributed by atoms with Crippen LogP contribution in [-0.2, 0) is 6.54 Å². The molecule has 0 saturated heterocycles. The maximum absolute atomic E-state index is 13.3. The zero-order valence-electron chi connectivity index (χ0n) is 16.2. The molecule has 6 nitrogen and oxygen atoms in total. The van der Waals surface area contributed by atoms with Gasteiger partial charge < -0.3 is 4.98 Å². The van der Waals surface area contributed by atoms with Gasteiger partial charge in [-0.15, -0.1) is 6.58 Å². The number of nitrogens with one attached hydrogen (secondary N) is 1. The number of pyridine rings is 1. The Hall–Kier alpha value is -3.19. The summed E-state index contributed by atoms with van der Waals surface area (Å²) in [4.78, 5) is 38.2. The zero-order valence-corrected chi connectivity index (χ0v) is 17.0. The summed E-state index contributed by atoms with van der Waals surface area (Å²) in [6, 6.07) is 11.2. The average Bonchev–Trinajstić information content (AvgIpc) is 3.06. The lowest BCUT2D eigenvalue weighted by molar-refractivity contribution is 0.0995. The fourth-order valence-corrected chi connectivity index (χ4v) is 4.39. The second-order valence-corrected chi connectivity index (χ2v) is 8.08. The highest BCUT2D eigenvalue weighted by Crippen LogP contribution is 2.29. The number of carbonyl (C=O) groups excluding carboxylic acids is 1. The molecule has 0 bridgehead atoms. The Labute approximate surface area is 171 Å². The molecule has 4 aromatic rings. The van der Waals surface area contributed by atoms with E-state index in [1.165, 1.54) is 16.3 Å². The Morgan fingerprint density at radius 1 is 1.28 bits per heavy atom. The van der Waals surface area contributed by atoms with Gasteiger partial charge in [0.2, 0.25) is 0 Å². The van der Waals surface area contributed by atoms with Crippen molar-refractivity contribution in [2.45, 2.75) is 30.8 Å². The van der Waals surface area contributed by atoms with Crippen molar-refractivity contribution in [3.05, 3.63) is 76.9 Å². The molecule has 29 heavy (non-hydrogen) atoms. The van der Waals surface area contributed by atoms with Gasteiger partial charge in [-0.25, -0.2) is 9.97 Å². The van der Waals surface area contributed by atoms with Gasteiger partial charge in [-0.3, -0.25) is 14.2 Å². The van der Waals surface area contributed by atoms with Crippen LogP contribution in [0.1, 0.15) is 23.0 Å². The molecule has 7 heteroatoms. The minimum absolute atomic E-state index is 0.00882. The third-order valence-corrected chi connectivity index (χ3v) is 5.89. The number of aromatic nitrogens is 4. The Bertz CT molecular complexity index is 1310. The summed E-state index contributed by atoms with van der Waals surface area (Å²) in [5.41, 5.74) is 2.64. The summed E-state index contributed by atoms with van der Waals surface area (Å²) in [5, 5.41) is 1.38. The SMILES string of the molecule is C=CCn1c(S[C@H](C)C(=O)c2c(C)[nH]c3ccccc23)nc2ncccc2c1=O. The first kappa shape index (κ1) is 19.1. The molecule has 146 valence electrons. The summed E-state index contributed by atoms with van der Waals surface area (Å²) in [5.74, 6) is -0.00882. The van der Waals surface area contributed by atoms with Gasteiger partial charge in [0.1, 0.15) is 0 Å². The molecule has 0 unspecified atom stereocenters. The molecule has 1 N–H and O–H groups in total. The molecular formula is C22H20N4O2S. The van der Waals surface area contributed by atoms with Crippen LogP contribution in [0.4, 0.5) is 0 Å². The number of hydrogen-bond acceptors (Lipinski definition) is 5. The summed E-state index contributed by atoms with van der Waals surface area (Å²) in [6.45, 7) is 7.78. The van der Waals surface area contributed by atoms with E-state index in [1.807, 2.05) is 38.1 Å². The van der Waals surface area contributed by atoms with E-state index < -0.39 is 5.25 Å². The lowest BCUT2D eigenvalue weighted by Crippen LogP contribution is -2.25. The number of nitrogens with zero attached hydrogens (tertiary/aromatic N) is 3. The van der Waals surface area contributed by atoms with E-state index in [2.05, 4.69) is 21.5 Å². The molecular weight excluding hydrogens is 384 g/mol. The third kappa shape index (κ3) is 3.38. The van der Waals surface area contributed by atoms with Gasteiger partial charge in [-0.1, -0.05) is 36.0 Å². The minimum Gasteiger partial charge on any atom is -0.358 e. The topological polar surface area (TPSA) is 80.6 Å². The number of H-pyrrole nitrogens is 1. The molecule has 4 rings (SSSR count). The Morgan fingerprint density at radius 3 is 2.83 bits per heavy atom. The molecule has 0 fully saturated rings. The number of para-hydroxylation sites is 1. The molecule has 1 aromatic carbocycles. The first-order chi connectivity index (χ1) is 14.0. The van der Waals surface area contributed by atoms with Crippen molar-refractivity contribution in [2.75, 3.05) is 0 Å². The van der Waals surface area contributed by atoms with Crippen LogP contribution < -0.4 is 5.56 Å². The lowest BCUT2D eigenvalue weighted by atomic mass is 10.1. The normalized spacial score (nSPS) is 12.3. The van der Waals surface area contributed by atoms with Crippen LogP contribution in [0.25, 0.3) is 21.9 Å². The number of hydrogen-bond donors (Lipinski definition) is 1. The lowest BCUT2D eigenvalue weighted by Gasteiger charge is -2.14. The van der Waals surface area contributed by atoms with Crippen LogP contribution >= 0.6 is 11.8 Å². The van der Waals surface area contributed by atoms with E-state index in [9.17, 15) is 9.59 Å². The van der Waals surface area contributed by atoms with Gasteiger partial charge >= 0.3 is 0 Å². The smallest absolute Gasteiger partial charge is 0.263 e. The van der Waals surface area contributed by atoms with Crippen molar-refractivity contribution >= 4 is 39.5 Å². The van der Waals surface area contributed by atoms with Crippen molar-refractivity contribution < 1.29 is 4.79 Å². The molecule has 3 heterocycles. The Morgan fingerprint density at radius 2 is 2.03 bits per heavy atom. The van der Waals surface area contributed by atoms with Gasteiger partial charge in [0.15, 0.2) is 16.6 Å². The maximum atomic E-state index is 13.3. The summed E-state index contributed by atoms with van der Waals surface area (Å²) in [7, 11) is 0. The predicted octanol–water partition coefficient (Wildman–Crippen LogP) is 4.13. The van der Waals surface area contributed by atoms with Crippen LogP contribution in [0.5, 0.6) is 0 Å². The number of thioether (sulfide) groups is 1. The average molecular weight is 404 g/mol. The van der Waals surface area contributed by atoms with E-state index in [0.29, 0.717) is 28.3 Å². The molecule has 0 amide bonds. The third-order valence-electron chi connectivity index (χ3n) is 4.80. The molecule has 0 saturated carbocycles. The standard InChI is InChI=1S/C22H20N4O2S/c1-4-12-26-21(28)16-9-7-11-23-20(16)25-22(26)29-14(3)19(27)18-13(2)24-17-10-6-5-8-15(17)18/h4-11,14,24H,1,12H2,2-3H3/t14-/m1/s1. The summed E-state index contributed by atoms with van der Waals surface area (Å²) in [6.07, 6.45) is 3.25. The minimum atomic E-state index is -0.433. The number of Topliss-reactive ketones (excluding diaryl/α,β-unsaturated/α-hetero) is 1. The fourth-order valence-electron chi connectivity index (χ4n) is 3.43. The van der Waals surface area contributed by atoms with Crippen molar-refractivity contribution in [3.63, 3.8) is 0 Å². The van der Waals surface area contributed by atoms with E-state index >= 15 is 0 Å². The van der Waals surface area contributed by atoms with Gasteiger partial charge in [0, 0.05) is 34.9 Å². The number of aromatic amines is 1. The highest BCUT2D eigenvalue weighted by atomic mass is 32.2. The monoisotopic (exact) mass is 404 g/mol. The van der Waals surface area contributed by atoms with E-state index in [1.54, 1.807) is 24.4 Å². The molecule has 0 spiro atoms. The molecule has 0 aliphatic rings. The summed E-state index contributed by atoms with van der Waals surface area (Å²) < 4.78 is 1.54. The highest BCUT2D eigenvalue weighted by molar-refractivity contribution is 8.00. The van der Waals surface area contributed by atoms with Crippen molar-refractivity contribution in [1.82, 2.24) is 19.5 Å². The second kappa shape index (κ2) is 7.67. The molecule has 0 aliphatic carbocycles. The van der Waals surface area contributed by atoms with Gasteiger partial charge in [-0.05, 0) is 32.0 Å². The van der Waals surface area contributed by atoms with Crippen molar-refractivity contribution in [2.24, 2.45) is 0 Å². The van der Waals surface area contributed by atoms with Crippen LogP contribution in [0.3, 0.4) is 0 Å². The highest BCUT2D eigenvalue weighted by Gasteiger charge is 2.24. The number of aryl methyl sites for hydroxylation is 1. The van der Waals surface area contributed by atoms with Crippen LogP contribution in [0.15, 0.2) is 65.2 Å². The van der Waals surface area contributed by atoms with Crippen molar-refractivity contribution in [1.29, 1.82) is 0 Å². The number of allylic oxidation sites excluding steroid dienone is 1. The van der Waals surface area contributed by atoms with E-state index in [4.69, 9.17) is 0 Å². The van der Waals surface area contributed by atoms with Crippen LogP contribution in [0, 0.1) is 6.92 Å². The molecule has 0 aliphatic heterocycles. The van der Waals surface area contributed by atoms with Gasteiger partial charge in [0.05, 0.1) is 10.6 Å². The number of ketones is 1. The van der Waals surface area contributed by atoms with E-state index in [-0.39, 0.29) is 11.3 Å². The quantitative estimate of drug-likeness (QED) is 0.226. The molecule has 3 aromatic heterocycles. The number of fused-ring (bicyclic) bond motifs is 2. The molecule has 0 radical (unpaired) electrons. The van der Waals surface area contributed by atoms with E-state index in [0.717, 1.165) is 16.6 Å². The Balaban J connectivity index is 1.75. The number of carbonyl (C=O) groups is 1. The van der Waals surface area contributed by atoms with Crippen LogP contribution in [-0.4, -0.2) is 30.6 Å². The fraction of sp³-hybridized carbons (Fsp3) is 0.182. The number of rotatable bonds is 6. The first-order valence-electron chi connectivity index (χ1n) is 9.26. The zero-order chi connectivity index (χ0) is 20.5. The van der Waals surface area contributed by atoms with Gasteiger partial charge in [0.25, 0.3) is 5.56 Å². The summed E-state index contributed by atoms with van der Waals surface area (Å²) >= 11 is 1.26. The van der Waals surface area contributed by atoms with Gasteiger partial charge in [-0.2, -0.15) is 0 Å². The van der Waals surface area contributed by atoms with Crippen LogP contribution in [0.2, 0.25) is 0 Å². The second-order valence-electron chi connectivity index (χ2n) is 6.77. The maximum Gasteiger partial charge on any atom is 0.263 e.